The summed E-state index contributed by atoms with van der Waals surface area (Å²) in [5.41, 5.74) is 10.0. The predicted octanol–water partition coefficient (Wildman–Crippen LogP) is 3.24. The van der Waals surface area contributed by atoms with Crippen molar-refractivity contribution in [3.63, 3.8) is 0 Å². The van der Waals surface area contributed by atoms with Gasteiger partial charge in [0.15, 0.2) is 0 Å². The van der Waals surface area contributed by atoms with Crippen LogP contribution in [0.3, 0.4) is 0 Å². The van der Waals surface area contributed by atoms with Gasteiger partial charge in [-0.3, -0.25) is 4.79 Å². The molecule has 2 aromatic carbocycles. The number of benzene rings is 2. The van der Waals surface area contributed by atoms with E-state index in [0.29, 0.717) is 5.92 Å². The van der Waals surface area contributed by atoms with Gasteiger partial charge in [0.1, 0.15) is 0 Å². The Morgan fingerprint density at radius 3 is 2.29 bits per heavy atom. The van der Waals surface area contributed by atoms with E-state index in [2.05, 4.69) is 24.9 Å². The predicted molar refractivity (Wildman–Crippen MR) is 112 cm³/mol. The van der Waals surface area contributed by atoms with Gasteiger partial charge in [0, 0.05) is 36.3 Å². The molecular formula is C21H25N3O3S. The van der Waals surface area contributed by atoms with Crippen molar-refractivity contribution in [2.75, 3.05) is 14.1 Å². The summed E-state index contributed by atoms with van der Waals surface area (Å²) >= 11 is 0. The molecule has 0 aliphatic carbocycles. The lowest BCUT2D eigenvalue weighted by Crippen LogP contribution is -2.22. The average molecular weight is 400 g/mol. The van der Waals surface area contributed by atoms with Gasteiger partial charge >= 0.3 is 0 Å². The molecule has 0 bridgehead atoms. The Morgan fingerprint density at radius 1 is 1.11 bits per heavy atom. The number of aromatic amines is 1. The number of fused-ring (bicyclic) bond motifs is 1. The van der Waals surface area contributed by atoms with Crippen LogP contribution in [0.15, 0.2) is 47.4 Å². The summed E-state index contributed by atoms with van der Waals surface area (Å²) in [7, 11) is -0.498. The molecule has 6 nitrogen and oxygen atoms in total. The molecule has 28 heavy (non-hydrogen) atoms. The lowest BCUT2D eigenvalue weighted by molar-refractivity contribution is -0.117. The molecule has 0 atom stereocenters. The molecule has 0 aliphatic rings. The van der Waals surface area contributed by atoms with Crippen molar-refractivity contribution in [3.8, 4) is 11.1 Å². The van der Waals surface area contributed by atoms with Gasteiger partial charge in [0.25, 0.3) is 0 Å². The number of nitrogens with two attached hydrogens (primary N) is 1. The highest BCUT2D eigenvalue weighted by Gasteiger charge is 2.20. The van der Waals surface area contributed by atoms with Gasteiger partial charge in [0.2, 0.25) is 15.9 Å². The molecule has 3 rings (SSSR count). The number of para-hydroxylation sites is 1. The van der Waals surface area contributed by atoms with Gasteiger partial charge < -0.3 is 10.7 Å². The maximum Gasteiger partial charge on any atom is 0.242 e. The maximum absolute atomic E-state index is 12.3. The zero-order valence-corrected chi connectivity index (χ0v) is 17.3. The topological polar surface area (TPSA) is 96.3 Å². The third-order valence-electron chi connectivity index (χ3n) is 4.84. The van der Waals surface area contributed by atoms with Crippen LogP contribution in [0.4, 0.5) is 0 Å². The van der Waals surface area contributed by atoms with Crippen molar-refractivity contribution in [3.05, 3.63) is 53.7 Å². The third kappa shape index (κ3) is 3.55. The van der Waals surface area contributed by atoms with Gasteiger partial charge in [-0.25, -0.2) is 12.7 Å². The zero-order chi connectivity index (χ0) is 20.6. The molecule has 0 saturated heterocycles. The standard InChI is InChI=1S/C21H25N3O3S/c1-13(2)16-6-5-7-17-20(18(12-19(22)25)23-21(16)17)14-8-10-15(11-9-14)28(26,27)24(3)4/h5-11,13,23H,12H2,1-4H3,(H2,22,25). The van der Waals surface area contributed by atoms with Crippen molar-refractivity contribution in [1.82, 2.24) is 9.29 Å². The zero-order valence-electron chi connectivity index (χ0n) is 16.5. The van der Waals surface area contributed by atoms with Crippen molar-refractivity contribution < 1.29 is 13.2 Å². The summed E-state index contributed by atoms with van der Waals surface area (Å²) in [5.74, 6) is -0.116. The minimum absolute atomic E-state index is 0.0826. The monoisotopic (exact) mass is 399 g/mol. The molecule has 1 heterocycles. The van der Waals surface area contributed by atoms with Crippen LogP contribution in [0.5, 0.6) is 0 Å². The number of H-pyrrole nitrogens is 1. The second-order valence-electron chi connectivity index (χ2n) is 7.36. The Kier molecular flexibility index (Phi) is 5.32. The summed E-state index contributed by atoms with van der Waals surface area (Å²) in [5, 5.41) is 0.991. The van der Waals surface area contributed by atoms with Crippen molar-refractivity contribution in [2.45, 2.75) is 31.1 Å². The van der Waals surface area contributed by atoms with Gasteiger partial charge in [0.05, 0.1) is 11.3 Å². The summed E-state index contributed by atoms with van der Waals surface area (Å²) in [6.45, 7) is 4.23. The van der Waals surface area contributed by atoms with Crippen molar-refractivity contribution >= 4 is 26.8 Å². The molecule has 7 heteroatoms. The van der Waals surface area contributed by atoms with E-state index < -0.39 is 15.9 Å². The quantitative estimate of drug-likeness (QED) is 0.666. The van der Waals surface area contributed by atoms with E-state index in [0.717, 1.165) is 33.3 Å². The van der Waals surface area contributed by atoms with Gasteiger partial charge in [-0.05, 0) is 29.2 Å². The molecule has 1 amide bonds. The van der Waals surface area contributed by atoms with Crippen LogP contribution in [-0.4, -0.2) is 37.7 Å². The summed E-state index contributed by atoms with van der Waals surface area (Å²) in [4.78, 5) is 15.2. The molecule has 0 saturated carbocycles. The first-order valence-electron chi connectivity index (χ1n) is 9.07. The number of hydrogen-bond acceptors (Lipinski definition) is 3. The van der Waals surface area contributed by atoms with Crippen LogP contribution in [0.1, 0.15) is 31.0 Å². The van der Waals surface area contributed by atoms with E-state index >= 15 is 0 Å². The van der Waals surface area contributed by atoms with Crippen LogP contribution in [0.25, 0.3) is 22.0 Å². The molecule has 0 spiro atoms. The fourth-order valence-corrected chi connectivity index (χ4v) is 4.32. The van der Waals surface area contributed by atoms with Gasteiger partial charge in [-0.1, -0.05) is 44.2 Å². The van der Waals surface area contributed by atoms with Crippen LogP contribution in [-0.2, 0) is 21.2 Å². The molecule has 0 unspecified atom stereocenters. The number of nitrogens with one attached hydrogen (secondary N) is 1. The maximum atomic E-state index is 12.3. The fraction of sp³-hybridized carbons (Fsp3) is 0.286. The van der Waals surface area contributed by atoms with E-state index in [1.807, 2.05) is 12.1 Å². The Hall–Kier alpha value is -2.64. The molecule has 3 aromatic rings. The van der Waals surface area contributed by atoms with E-state index in [4.69, 9.17) is 5.73 Å². The first-order chi connectivity index (χ1) is 13.1. The first-order valence-corrected chi connectivity index (χ1v) is 10.5. The highest BCUT2D eigenvalue weighted by molar-refractivity contribution is 7.89. The first kappa shape index (κ1) is 20.1. The number of carbonyl (C=O) groups excluding carboxylic acids is 1. The number of carbonyl (C=O) groups is 1. The van der Waals surface area contributed by atoms with Crippen LogP contribution >= 0.6 is 0 Å². The number of amides is 1. The molecule has 0 aliphatic heterocycles. The Morgan fingerprint density at radius 2 is 1.75 bits per heavy atom. The van der Waals surface area contributed by atoms with Crippen LogP contribution < -0.4 is 5.73 Å². The molecule has 3 N–H and O–H groups in total. The summed E-state index contributed by atoms with van der Waals surface area (Å²) in [6, 6.07) is 12.8. The second-order valence-corrected chi connectivity index (χ2v) is 9.51. The average Bonchev–Trinajstić information content (AvgIpc) is 2.98. The molecule has 0 fully saturated rings. The van der Waals surface area contributed by atoms with Crippen LogP contribution in [0, 0.1) is 0 Å². The lowest BCUT2D eigenvalue weighted by atomic mass is 9.96. The van der Waals surface area contributed by atoms with E-state index in [1.54, 1.807) is 24.3 Å². The molecule has 148 valence electrons. The normalized spacial score (nSPS) is 12.2. The summed E-state index contributed by atoms with van der Waals surface area (Å²) < 4.78 is 25.8. The lowest BCUT2D eigenvalue weighted by Gasteiger charge is -2.12. The Balaban J connectivity index is 2.21. The number of aromatic nitrogens is 1. The third-order valence-corrected chi connectivity index (χ3v) is 6.67. The second kappa shape index (κ2) is 7.41. The largest absolute Gasteiger partial charge is 0.369 e. The summed E-state index contributed by atoms with van der Waals surface area (Å²) in [6.07, 6.45) is 0.0826. The van der Waals surface area contributed by atoms with E-state index in [9.17, 15) is 13.2 Å². The van der Waals surface area contributed by atoms with E-state index in [-0.39, 0.29) is 11.3 Å². The smallest absolute Gasteiger partial charge is 0.242 e. The van der Waals surface area contributed by atoms with E-state index in [1.165, 1.54) is 18.4 Å². The number of nitrogens with zero attached hydrogens (tertiary/aromatic N) is 1. The fourth-order valence-electron chi connectivity index (χ4n) is 3.42. The van der Waals surface area contributed by atoms with Crippen molar-refractivity contribution in [2.24, 2.45) is 5.73 Å². The minimum Gasteiger partial charge on any atom is -0.369 e. The molecule has 0 radical (unpaired) electrons. The van der Waals surface area contributed by atoms with Crippen LogP contribution in [0.2, 0.25) is 0 Å². The Labute approximate surface area is 165 Å². The van der Waals surface area contributed by atoms with Gasteiger partial charge in [-0.2, -0.15) is 0 Å². The molecule has 1 aromatic heterocycles. The SMILES string of the molecule is CC(C)c1cccc2c(-c3ccc(S(=O)(=O)N(C)C)cc3)c(CC(N)=O)[nH]c12. The van der Waals surface area contributed by atoms with Crippen molar-refractivity contribution in [1.29, 1.82) is 0 Å². The molecular weight excluding hydrogens is 374 g/mol. The highest BCUT2D eigenvalue weighted by atomic mass is 32.2. The van der Waals surface area contributed by atoms with Gasteiger partial charge in [-0.15, -0.1) is 0 Å². The minimum atomic E-state index is -3.50. The number of sulfonamides is 1. The number of primary amides is 1. The number of hydrogen-bond donors (Lipinski definition) is 2. The Bertz CT molecular complexity index is 1130. The highest BCUT2D eigenvalue weighted by Crippen LogP contribution is 2.36. The number of rotatable bonds is 6.